The number of carbonyl (C=O) groups is 1. The summed E-state index contributed by atoms with van der Waals surface area (Å²) in [6, 6.07) is 19.8. The molecule has 0 aromatic heterocycles. The largest absolute Gasteiger partial charge is 0.433 e. The Hall–Kier alpha value is -3.03. The van der Waals surface area contributed by atoms with Crippen LogP contribution in [0.5, 0.6) is 0 Å². The minimum absolute atomic E-state index is 0.245. The zero-order valence-corrected chi connectivity index (χ0v) is 21.3. The molecular weight excluding hydrogens is 456 g/mol. The highest BCUT2D eigenvalue weighted by Gasteiger charge is 2.57. The van der Waals surface area contributed by atoms with Crippen molar-refractivity contribution in [3.63, 3.8) is 0 Å². The van der Waals surface area contributed by atoms with Crippen molar-refractivity contribution in [3.05, 3.63) is 108 Å². The highest BCUT2D eigenvalue weighted by atomic mass is 16.7. The van der Waals surface area contributed by atoms with Crippen molar-refractivity contribution in [3.8, 4) is 0 Å². The van der Waals surface area contributed by atoms with E-state index in [1.165, 1.54) is 6.92 Å². The predicted octanol–water partition coefficient (Wildman–Crippen LogP) is 5.54. The Kier molecular flexibility index (Phi) is 10.6. The number of benzene rings is 2. The number of ether oxygens (including phenoxy) is 5. The van der Waals surface area contributed by atoms with E-state index in [1.54, 1.807) is 6.08 Å². The summed E-state index contributed by atoms with van der Waals surface area (Å²) in [5.74, 6) is -0.460. The first-order chi connectivity index (χ1) is 17.5. The Labute approximate surface area is 214 Å². The van der Waals surface area contributed by atoms with Gasteiger partial charge in [-0.1, -0.05) is 91.5 Å². The van der Waals surface area contributed by atoms with Crippen LogP contribution in [0.4, 0.5) is 0 Å². The van der Waals surface area contributed by atoms with Crippen LogP contribution in [0.25, 0.3) is 0 Å². The lowest BCUT2D eigenvalue weighted by Crippen LogP contribution is -2.51. The van der Waals surface area contributed by atoms with Crippen molar-refractivity contribution in [2.24, 2.45) is 0 Å². The maximum atomic E-state index is 12.0. The molecule has 4 atom stereocenters. The fourth-order valence-corrected chi connectivity index (χ4v) is 4.10. The Morgan fingerprint density at radius 2 is 1.69 bits per heavy atom. The molecule has 1 aliphatic rings. The van der Waals surface area contributed by atoms with Gasteiger partial charge in [-0.3, -0.25) is 4.79 Å². The molecule has 1 aliphatic heterocycles. The fourth-order valence-electron chi connectivity index (χ4n) is 4.10. The molecule has 2 aromatic carbocycles. The van der Waals surface area contributed by atoms with E-state index < -0.39 is 30.1 Å². The summed E-state index contributed by atoms with van der Waals surface area (Å²) in [5, 5.41) is 0. The van der Waals surface area contributed by atoms with E-state index >= 15 is 0 Å². The third kappa shape index (κ3) is 7.73. The molecule has 1 heterocycles. The molecule has 2 aromatic rings. The van der Waals surface area contributed by atoms with Gasteiger partial charge in [-0.25, -0.2) is 0 Å². The van der Waals surface area contributed by atoms with E-state index in [0.29, 0.717) is 13.2 Å². The normalized spacial score (nSPS) is 24.2. The van der Waals surface area contributed by atoms with Crippen LogP contribution in [0.15, 0.2) is 97.1 Å². The van der Waals surface area contributed by atoms with Crippen LogP contribution < -0.4 is 0 Å². The minimum atomic E-state index is -1.08. The quantitative estimate of drug-likeness (QED) is 0.270. The second-order valence-corrected chi connectivity index (χ2v) is 8.78. The first kappa shape index (κ1) is 27.6. The summed E-state index contributed by atoms with van der Waals surface area (Å²) in [6.45, 7) is 10.2. The first-order valence-electron chi connectivity index (χ1n) is 12.1. The van der Waals surface area contributed by atoms with Gasteiger partial charge < -0.3 is 23.7 Å². The predicted molar refractivity (Wildman–Crippen MR) is 139 cm³/mol. The maximum Gasteiger partial charge on any atom is 0.305 e. The van der Waals surface area contributed by atoms with Crippen molar-refractivity contribution in [2.75, 3.05) is 13.2 Å². The van der Waals surface area contributed by atoms with Gasteiger partial charge in [0.05, 0.1) is 26.4 Å². The second kappa shape index (κ2) is 13.9. The van der Waals surface area contributed by atoms with Crippen molar-refractivity contribution in [1.82, 2.24) is 0 Å². The van der Waals surface area contributed by atoms with Crippen molar-refractivity contribution in [1.29, 1.82) is 0 Å². The summed E-state index contributed by atoms with van der Waals surface area (Å²) >= 11 is 0. The highest BCUT2D eigenvalue weighted by Crippen LogP contribution is 2.38. The van der Waals surface area contributed by atoms with Crippen molar-refractivity contribution >= 4 is 5.97 Å². The van der Waals surface area contributed by atoms with E-state index in [0.717, 1.165) is 16.7 Å². The number of hydrogen-bond acceptors (Lipinski definition) is 6. The number of rotatable bonds is 13. The van der Waals surface area contributed by atoms with Gasteiger partial charge in [-0.2, -0.15) is 0 Å². The second-order valence-electron chi connectivity index (χ2n) is 8.78. The molecule has 0 spiro atoms. The van der Waals surface area contributed by atoms with Crippen LogP contribution in [0.2, 0.25) is 0 Å². The maximum absolute atomic E-state index is 12.0. The van der Waals surface area contributed by atoms with Gasteiger partial charge in [-0.05, 0) is 30.5 Å². The van der Waals surface area contributed by atoms with E-state index in [4.69, 9.17) is 23.7 Å². The van der Waals surface area contributed by atoms with Gasteiger partial charge >= 0.3 is 5.97 Å². The molecule has 0 radical (unpaired) electrons. The SMILES string of the molecule is C=C/C=C(\C=C/C)CO[C@@]1(C)C(OC(C)=O)O[C@H](COCc2ccccc2)[C@H]1OCc1ccccc1. The smallest absolute Gasteiger partial charge is 0.305 e. The molecule has 0 saturated carbocycles. The monoisotopic (exact) mass is 492 g/mol. The molecule has 192 valence electrons. The number of esters is 1. The van der Waals surface area contributed by atoms with E-state index in [-0.39, 0.29) is 13.2 Å². The van der Waals surface area contributed by atoms with Gasteiger partial charge in [0.25, 0.3) is 0 Å². The highest BCUT2D eigenvalue weighted by molar-refractivity contribution is 5.66. The molecule has 1 saturated heterocycles. The molecule has 36 heavy (non-hydrogen) atoms. The van der Waals surface area contributed by atoms with Gasteiger partial charge in [-0.15, -0.1) is 0 Å². The molecule has 6 nitrogen and oxygen atoms in total. The van der Waals surface area contributed by atoms with E-state index in [2.05, 4.69) is 6.58 Å². The van der Waals surface area contributed by atoms with Crippen molar-refractivity contribution in [2.45, 2.75) is 58.1 Å². The molecule has 6 heteroatoms. The van der Waals surface area contributed by atoms with Gasteiger partial charge in [0.1, 0.15) is 12.2 Å². The lowest BCUT2D eigenvalue weighted by molar-refractivity contribution is -0.218. The Morgan fingerprint density at radius 3 is 2.28 bits per heavy atom. The minimum Gasteiger partial charge on any atom is -0.433 e. The average molecular weight is 493 g/mol. The molecular formula is C30H36O6. The molecule has 0 aliphatic carbocycles. The molecule has 0 amide bonds. The Morgan fingerprint density at radius 1 is 1.06 bits per heavy atom. The molecule has 0 bridgehead atoms. The zero-order valence-electron chi connectivity index (χ0n) is 21.3. The fraction of sp³-hybridized carbons (Fsp3) is 0.367. The van der Waals surface area contributed by atoms with Gasteiger partial charge in [0.2, 0.25) is 6.29 Å². The molecule has 1 fully saturated rings. The zero-order chi connectivity index (χ0) is 25.8. The summed E-state index contributed by atoms with van der Waals surface area (Å²) in [5.41, 5.74) is 1.91. The summed E-state index contributed by atoms with van der Waals surface area (Å²) in [6.07, 6.45) is 5.42. The number of hydrogen-bond donors (Lipinski definition) is 0. The Bertz CT molecular complexity index is 1020. The summed E-state index contributed by atoms with van der Waals surface area (Å²) in [4.78, 5) is 12.0. The Balaban J connectivity index is 1.82. The van der Waals surface area contributed by atoms with Crippen LogP contribution in [-0.4, -0.2) is 43.3 Å². The van der Waals surface area contributed by atoms with Crippen LogP contribution in [0.3, 0.4) is 0 Å². The summed E-state index contributed by atoms with van der Waals surface area (Å²) in [7, 11) is 0. The lowest BCUT2D eigenvalue weighted by atomic mass is 9.96. The van der Waals surface area contributed by atoms with Gasteiger partial charge in [0, 0.05) is 6.92 Å². The number of allylic oxidation sites excluding steroid dienone is 3. The van der Waals surface area contributed by atoms with Crippen LogP contribution in [0, 0.1) is 0 Å². The van der Waals surface area contributed by atoms with E-state index in [9.17, 15) is 4.79 Å². The standard InChI is InChI=1S/C30H36O6/c1-5-13-24(14-6-2)21-34-30(4)28(33-20-26-17-11-8-12-18-26)27(36-29(30)35-23(3)31)22-32-19-25-15-9-7-10-16-25/h5-18,27-29H,1,19-22H2,2-4H3/b14-6-,24-13+/t27-,28-,29?,30-/m1/s1. The third-order valence-corrected chi connectivity index (χ3v) is 5.87. The van der Waals surface area contributed by atoms with E-state index in [1.807, 2.05) is 92.7 Å². The molecule has 3 rings (SSSR count). The van der Waals surface area contributed by atoms with Crippen LogP contribution in [-0.2, 0) is 41.7 Å². The van der Waals surface area contributed by atoms with Crippen LogP contribution >= 0.6 is 0 Å². The lowest BCUT2D eigenvalue weighted by Gasteiger charge is -2.34. The average Bonchev–Trinajstić information content (AvgIpc) is 3.12. The number of carbonyl (C=O) groups excluding carboxylic acids is 1. The first-order valence-corrected chi connectivity index (χ1v) is 12.1. The van der Waals surface area contributed by atoms with Gasteiger partial charge in [0.15, 0.2) is 5.60 Å². The van der Waals surface area contributed by atoms with Crippen LogP contribution in [0.1, 0.15) is 31.9 Å². The molecule has 0 N–H and O–H groups in total. The topological polar surface area (TPSA) is 63.2 Å². The van der Waals surface area contributed by atoms with Crippen molar-refractivity contribution < 1.29 is 28.5 Å². The summed E-state index contributed by atoms with van der Waals surface area (Å²) < 4.78 is 30.6. The third-order valence-electron chi connectivity index (χ3n) is 5.87. The molecule has 1 unspecified atom stereocenters.